The maximum absolute atomic E-state index is 12.2. The highest BCUT2D eigenvalue weighted by Crippen LogP contribution is 2.14. The summed E-state index contributed by atoms with van der Waals surface area (Å²) in [6.45, 7) is 2.63. The molecule has 3 rings (SSSR count). The van der Waals surface area contributed by atoms with E-state index in [1.807, 2.05) is 54.1 Å². The molecule has 1 N–H and O–H groups in total. The number of rotatable bonds is 7. The Hall–Kier alpha value is -3.08. The first-order valence-corrected chi connectivity index (χ1v) is 8.70. The van der Waals surface area contributed by atoms with Gasteiger partial charge in [-0.2, -0.15) is 5.10 Å². The molecule has 134 valence electrons. The van der Waals surface area contributed by atoms with Crippen LogP contribution in [0.5, 0.6) is 5.75 Å². The zero-order valence-electron chi connectivity index (χ0n) is 15.1. The van der Waals surface area contributed by atoms with Crippen LogP contribution >= 0.6 is 0 Å². The number of nitrogens with zero attached hydrogens (tertiary/aromatic N) is 2. The van der Waals surface area contributed by atoms with E-state index in [1.54, 1.807) is 19.2 Å². The Balaban J connectivity index is 1.52. The van der Waals surface area contributed by atoms with Gasteiger partial charge in [-0.1, -0.05) is 24.3 Å². The van der Waals surface area contributed by atoms with E-state index in [0.29, 0.717) is 17.9 Å². The van der Waals surface area contributed by atoms with E-state index in [0.717, 1.165) is 24.2 Å². The van der Waals surface area contributed by atoms with Crippen LogP contribution in [0, 0.1) is 6.92 Å². The number of aromatic nitrogens is 2. The van der Waals surface area contributed by atoms with Crippen molar-refractivity contribution in [1.82, 2.24) is 15.1 Å². The van der Waals surface area contributed by atoms with Crippen LogP contribution in [0.2, 0.25) is 0 Å². The van der Waals surface area contributed by atoms with Gasteiger partial charge in [-0.15, -0.1) is 0 Å². The van der Waals surface area contributed by atoms with E-state index in [4.69, 9.17) is 4.74 Å². The molecule has 0 saturated heterocycles. The zero-order chi connectivity index (χ0) is 18.4. The molecule has 5 heteroatoms. The molecule has 0 saturated carbocycles. The average molecular weight is 349 g/mol. The largest absolute Gasteiger partial charge is 0.497 e. The molecule has 0 radical (unpaired) electrons. The first-order valence-electron chi connectivity index (χ1n) is 8.70. The Bertz CT molecular complexity index is 872. The second-order valence-electron chi connectivity index (χ2n) is 6.11. The number of aryl methyl sites for hydroxylation is 2. The molecule has 0 aliphatic heterocycles. The lowest BCUT2D eigenvalue weighted by molar-refractivity contribution is 0.0953. The fourth-order valence-electron chi connectivity index (χ4n) is 2.80. The number of para-hydroxylation sites is 1. The van der Waals surface area contributed by atoms with Crippen LogP contribution in [-0.2, 0) is 6.42 Å². The molecule has 5 nitrogen and oxygen atoms in total. The molecule has 0 unspecified atom stereocenters. The van der Waals surface area contributed by atoms with Crippen molar-refractivity contribution in [2.45, 2.75) is 19.8 Å². The van der Waals surface area contributed by atoms with Crippen LogP contribution in [-0.4, -0.2) is 29.3 Å². The second kappa shape index (κ2) is 8.34. The number of amides is 1. The van der Waals surface area contributed by atoms with E-state index in [-0.39, 0.29) is 5.91 Å². The summed E-state index contributed by atoms with van der Waals surface area (Å²) in [6.07, 6.45) is 3.79. The molecular weight excluding hydrogens is 326 g/mol. The number of hydrogen-bond acceptors (Lipinski definition) is 3. The summed E-state index contributed by atoms with van der Waals surface area (Å²) < 4.78 is 7.05. The minimum atomic E-state index is -0.0828. The summed E-state index contributed by atoms with van der Waals surface area (Å²) in [6, 6.07) is 17.2. The SMILES string of the molecule is COc1cccc(C(=O)NCCCc2cn(-c3ccccc3)nc2C)c1. The minimum absolute atomic E-state index is 0.0828. The molecule has 26 heavy (non-hydrogen) atoms. The molecule has 0 bridgehead atoms. The van der Waals surface area contributed by atoms with E-state index in [2.05, 4.69) is 16.6 Å². The summed E-state index contributed by atoms with van der Waals surface area (Å²) in [5.41, 5.74) is 3.88. The number of methoxy groups -OCH3 is 1. The Labute approximate surface area is 153 Å². The fourth-order valence-corrected chi connectivity index (χ4v) is 2.80. The van der Waals surface area contributed by atoms with Crippen LogP contribution in [0.25, 0.3) is 5.69 Å². The first kappa shape index (κ1) is 17.7. The lowest BCUT2D eigenvalue weighted by Crippen LogP contribution is -2.24. The maximum Gasteiger partial charge on any atom is 0.251 e. The molecule has 0 spiro atoms. The lowest BCUT2D eigenvalue weighted by Gasteiger charge is -2.06. The van der Waals surface area contributed by atoms with Gasteiger partial charge in [0.25, 0.3) is 5.91 Å². The summed E-state index contributed by atoms with van der Waals surface area (Å²) in [5, 5.41) is 7.53. The molecular formula is C21H23N3O2. The molecule has 1 amide bonds. The van der Waals surface area contributed by atoms with Gasteiger partial charge in [0.15, 0.2) is 0 Å². The van der Waals surface area contributed by atoms with E-state index >= 15 is 0 Å². The van der Waals surface area contributed by atoms with Gasteiger partial charge in [0, 0.05) is 18.3 Å². The van der Waals surface area contributed by atoms with Gasteiger partial charge < -0.3 is 10.1 Å². The topological polar surface area (TPSA) is 56.1 Å². The van der Waals surface area contributed by atoms with Gasteiger partial charge in [0.1, 0.15) is 5.75 Å². The van der Waals surface area contributed by atoms with Gasteiger partial charge >= 0.3 is 0 Å². The number of hydrogen-bond donors (Lipinski definition) is 1. The van der Waals surface area contributed by atoms with Gasteiger partial charge in [-0.05, 0) is 55.7 Å². The Morgan fingerprint density at radius 1 is 1.15 bits per heavy atom. The molecule has 3 aromatic rings. The molecule has 1 aromatic heterocycles. The number of benzene rings is 2. The second-order valence-corrected chi connectivity index (χ2v) is 6.11. The van der Waals surface area contributed by atoms with Crippen molar-refractivity contribution >= 4 is 5.91 Å². The highest BCUT2D eigenvalue weighted by molar-refractivity contribution is 5.94. The van der Waals surface area contributed by atoms with Crippen molar-refractivity contribution in [1.29, 1.82) is 0 Å². The van der Waals surface area contributed by atoms with E-state index in [9.17, 15) is 4.79 Å². The highest BCUT2D eigenvalue weighted by Gasteiger charge is 2.08. The number of ether oxygens (including phenoxy) is 1. The van der Waals surface area contributed by atoms with Crippen molar-refractivity contribution in [3.63, 3.8) is 0 Å². The standard InChI is InChI=1S/C21H23N3O2/c1-16-18(15-24(23-16)19-10-4-3-5-11-19)9-7-13-22-21(25)17-8-6-12-20(14-17)26-2/h3-6,8,10-12,14-15H,7,9,13H2,1-2H3,(H,22,25). The Kier molecular flexibility index (Phi) is 5.69. The first-order chi connectivity index (χ1) is 12.7. The van der Waals surface area contributed by atoms with Crippen LogP contribution < -0.4 is 10.1 Å². The fraction of sp³-hybridized carbons (Fsp3) is 0.238. The summed E-state index contributed by atoms with van der Waals surface area (Å²) in [5.74, 6) is 0.599. The van der Waals surface area contributed by atoms with Crippen molar-refractivity contribution < 1.29 is 9.53 Å². The smallest absolute Gasteiger partial charge is 0.251 e. The van der Waals surface area contributed by atoms with Crippen molar-refractivity contribution in [2.24, 2.45) is 0 Å². The van der Waals surface area contributed by atoms with Gasteiger partial charge in [-0.25, -0.2) is 4.68 Å². The van der Waals surface area contributed by atoms with Crippen LogP contribution in [0.4, 0.5) is 0 Å². The summed E-state index contributed by atoms with van der Waals surface area (Å²) >= 11 is 0. The van der Waals surface area contributed by atoms with Crippen LogP contribution in [0.1, 0.15) is 28.0 Å². The summed E-state index contributed by atoms with van der Waals surface area (Å²) in [7, 11) is 1.59. The summed E-state index contributed by atoms with van der Waals surface area (Å²) in [4.78, 5) is 12.2. The van der Waals surface area contributed by atoms with Gasteiger partial charge in [0.05, 0.1) is 18.5 Å². The predicted molar refractivity (Wildman–Crippen MR) is 102 cm³/mol. The third kappa shape index (κ3) is 4.30. The monoisotopic (exact) mass is 349 g/mol. The zero-order valence-corrected chi connectivity index (χ0v) is 15.1. The normalized spacial score (nSPS) is 10.5. The molecule has 1 heterocycles. The molecule has 0 aliphatic rings. The third-order valence-electron chi connectivity index (χ3n) is 4.26. The average Bonchev–Trinajstić information content (AvgIpc) is 3.06. The van der Waals surface area contributed by atoms with E-state index in [1.165, 1.54) is 5.56 Å². The molecule has 0 atom stereocenters. The third-order valence-corrected chi connectivity index (χ3v) is 4.26. The highest BCUT2D eigenvalue weighted by atomic mass is 16.5. The van der Waals surface area contributed by atoms with Gasteiger partial charge in [0.2, 0.25) is 0 Å². The number of nitrogens with one attached hydrogen (secondary N) is 1. The maximum atomic E-state index is 12.2. The van der Waals surface area contributed by atoms with Crippen molar-refractivity contribution in [3.05, 3.63) is 77.6 Å². The molecule has 0 aliphatic carbocycles. The number of carbonyl (C=O) groups excluding carboxylic acids is 1. The quantitative estimate of drug-likeness (QED) is 0.664. The molecule has 0 fully saturated rings. The Morgan fingerprint density at radius 3 is 2.73 bits per heavy atom. The van der Waals surface area contributed by atoms with Crippen LogP contribution in [0.15, 0.2) is 60.8 Å². The van der Waals surface area contributed by atoms with Crippen molar-refractivity contribution in [2.75, 3.05) is 13.7 Å². The van der Waals surface area contributed by atoms with E-state index < -0.39 is 0 Å². The number of carbonyl (C=O) groups is 1. The minimum Gasteiger partial charge on any atom is -0.497 e. The van der Waals surface area contributed by atoms with Crippen molar-refractivity contribution in [3.8, 4) is 11.4 Å². The van der Waals surface area contributed by atoms with Gasteiger partial charge in [-0.3, -0.25) is 4.79 Å². The van der Waals surface area contributed by atoms with Crippen LogP contribution in [0.3, 0.4) is 0 Å². The molecule has 2 aromatic carbocycles. The predicted octanol–water partition coefficient (Wildman–Crippen LogP) is 3.55. The lowest BCUT2D eigenvalue weighted by atomic mass is 10.1. The Morgan fingerprint density at radius 2 is 1.96 bits per heavy atom.